The quantitative estimate of drug-likeness (QED) is 0.343. The Morgan fingerprint density at radius 3 is 2.00 bits per heavy atom. The molecule has 4 N–H and O–H groups in total. The third kappa shape index (κ3) is 10.6. The summed E-state index contributed by atoms with van der Waals surface area (Å²) < 4.78 is 0. The van der Waals surface area contributed by atoms with Crippen LogP contribution in [0.15, 0.2) is 12.2 Å². The summed E-state index contributed by atoms with van der Waals surface area (Å²) in [6.07, 6.45) is 5.53. The second kappa shape index (κ2) is 13.7. The average Bonchev–Trinajstić information content (AvgIpc) is 2.68. The molecule has 0 fully saturated rings. The number of rotatable bonds is 0. The Kier molecular flexibility index (Phi) is 11.5. The summed E-state index contributed by atoms with van der Waals surface area (Å²) in [7, 11) is 0. The fourth-order valence-electron chi connectivity index (χ4n) is 2.48. The molecule has 0 bridgehead atoms. The Labute approximate surface area is 164 Å². The van der Waals surface area contributed by atoms with Crippen molar-refractivity contribution in [3.8, 4) is 0 Å². The minimum atomic E-state index is -0.539. The van der Waals surface area contributed by atoms with E-state index in [4.69, 9.17) is 0 Å². The molecule has 0 radical (unpaired) electrons. The van der Waals surface area contributed by atoms with Gasteiger partial charge in [-0.05, 0) is 25.7 Å². The first-order valence-electron chi connectivity index (χ1n) is 9.57. The van der Waals surface area contributed by atoms with Crippen molar-refractivity contribution in [2.24, 2.45) is 0 Å². The average molecular weight is 398 g/mol. The second-order valence-corrected chi connectivity index (χ2v) is 6.51. The summed E-state index contributed by atoms with van der Waals surface area (Å²) in [5.41, 5.74) is 0. The van der Waals surface area contributed by atoms with Crippen LogP contribution in [0.3, 0.4) is 0 Å². The molecule has 158 valence electrons. The van der Waals surface area contributed by atoms with Crippen molar-refractivity contribution >= 4 is 23.6 Å². The van der Waals surface area contributed by atoms with Gasteiger partial charge in [0.25, 0.3) is 0 Å². The molecule has 10 nitrogen and oxygen atoms in total. The smallest absolute Gasteiger partial charge is 0.246 e. The number of hydroxylamine groups is 4. The van der Waals surface area contributed by atoms with Crippen molar-refractivity contribution < 1.29 is 29.6 Å². The van der Waals surface area contributed by atoms with Crippen molar-refractivity contribution in [2.45, 2.75) is 51.4 Å². The number of amides is 4. The van der Waals surface area contributed by atoms with Crippen molar-refractivity contribution in [2.75, 3.05) is 26.2 Å². The summed E-state index contributed by atoms with van der Waals surface area (Å²) in [6, 6.07) is 0. The summed E-state index contributed by atoms with van der Waals surface area (Å²) >= 11 is 0. The van der Waals surface area contributed by atoms with Crippen LogP contribution >= 0.6 is 0 Å². The SMILES string of the molecule is O=C1CCC(=O)N(O)C/C=C\CCNC(=O)CCC(=O)N(O)CCCCCN1. The van der Waals surface area contributed by atoms with Crippen LogP contribution in [0.25, 0.3) is 0 Å². The van der Waals surface area contributed by atoms with Gasteiger partial charge < -0.3 is 10.6 Å². The van der Waals surface area contributed by atoms with E-state index < -0.39 is 11.8 Å². The van der Waals surface area contributed by atoms with Crippen LogP contribution in [0, 0.1) is 0 Å². The van der Waals surface area contributed by atoms with Gasteiger partial charge in [-0.15, -0.1) is 0 Å². The zero-order valence-corrected chi connectivity index (χ0v) is 16.1. The summed E-state index contributed by atoms with van der Waals surface area (Å²) in [5.74, 6) is -1.60. The predicted molar refractivity (Wildman–Crippen MR) is 99.1 cm³/mol. The van der Waals surface area contributed by atoms with Crippen LogP contribution in [0.1, 0.15) is 51.4 Å². The normalized spacial score (nSPS) is 21.9. The zero-order chi connectivity index (χ0) is 20.8. The standard InChI is InChI=1S/C18H30N4O6/c23-15-7-10-18(26)22(28)14-6-2-4-12-20-16(24)8-9-17(25)21(27)13-5-1-3-11-19-15/h1,5,27-28H,2-4,6-14H2,(H,19,23)(H,20,24)/b5-1-. The maximum absolute atomic E-state index is 11.8. The number of carbonyl (C=O) groups is 4. The van der Waals surface area contributed by atoms with Gasteiger partial charge in [-0.1, -0.05) is 12.2 Å². The highest BCUT2D eigenvalue weighted by atomic mass is 16.5. The molecule has 1 rings (SSSR count). The zero-order valence-electron chi connectivity index (χ0n) is 16.1. The minimum absolute atomic E-state index is 0.00473. The van der Waals surface area contributed by atoms with E-state index in [2.05, 4.69) is 10.6 Å². The third-order valence-corrected chi connectivity index (χ3v) is 4.15. The van der Waals surface area contributed by atoms with Crippen LogP contribution in [-0.2, 0) is 19.2 Å². The van der Waals surface area contributed by atoms with Crippen LogP contribution in [0.4, 0.5) is 0 Å². The second-order valence-electron chi connectivity index (χ2n) is 6.51. The molecule has 0 aromatic heterocycles. The van der Waals surface area contributed by atoms with Crippen molar-refractivity contribution in [3.63, 3.8) is 0 Å². The lowest BCUT2D eigenvalue weighted by Crippen LogP contribution is -2.31. The number of hydrogen-bond donors (Lipinski definition) is 4. The first-order chi connectivity index (χ1) is 13.4. The lowest BCUT2D eigenvalue weighted by atomic mass is 10.2. The van der Waals surface area contributed by atoms with Gasteiger partial charge in [-0.3, -0.25) is 29.6 Å². The van der Waals surface area contributed by atoms with E-state index in [0.717, 1.165) is 0 Å². The fourth-order valence-corrected chi connectivity index (χ4v) is 2.48. The largest absolute Gasteiger partial charge is 0.356 e. The summed E-state index contributed by atoms with van der Waals surface area (Å²) in [5, 5.41) is 25.9. The fraction of sp³-hybridized carbons (Fsp3) is 0.667. The van der Waals surface area contributed by atoms with Crippen molar-refractivity contribution in [1.29, 1.82) is 0 Å². The molecule has 0 aromatic rings. The topological polar surface area (TPSA) is 139 Å². The Morgan fingerprint density at radius 2 is 1.32 bits per heavy atom. The van der Waals surface area contributed by atoms with E-state index in [1.165, 1.54) is 0 Å². The van der Waals surface area contributed by atoms with E-state index in [0.29, 0.717) is 48.9 Å². The van der Waals surface area contributed by atoms with Gasteiger partial charge in [0.15, 0.2) is 0 Å². The molecule has 0 saturated heterocycles. The molecular formula is C18H30N4O6. The van der Waals surface area contributed by atoms with Gasteiger partial charge >= 0.3 is 0 Å². The first-order valence-corrected chi connectivity index (χ1v) is 9.57. The van der Waals surface area contributed by atoms with Crippen LogP contribution in [-0.4, -0.2) is 70.3 Å². The van der Waals surface area contributed by atoms with Gasteiger partial charge in [0.1, 0.15) is 0 Å². The predicted octanol–water partition coefficient (Wildman–Crippen LogP) is 0.345. The molecule has 1 heterocycles. The number of nitrogens with one attached hydrogen (secondary N) is 2. The lowest BCUT2D eigenvalue weighted by molar-refractivity contribution is -0.166. The molecule has 28 heavy (non-hydrogen) atoms. The number of hydrogen-bond acceptors (Lipinski definition) is 6. The number of carbonyl (C=O) groups excluding carboxylic acids is 4. The molecule has 1 aliphatic rings. The Balaban J connectivity index is 2.52. The van der Waals surface area contributed by atoms with Gasteiger partial charge in [0, 0.05) is 45.3 Å². The molecule has 0 saturated carbocycles. The highest BCUT2D eigenvalue weighted by molar-refractivity contribution is 5.83. The highest BCUT2D eigenvalue weighted by Gasteiger charge is 2.14. The lowest BCUT2D eigenvalue weighted by Gasteiger charge is -2.15. The summed E-state index contributed by atoms with van der Waals surface area (Å²) in [6.45, 7) is 0.944. The van der Waals surface area contributed by atoms with Crippen molar-refractivity contribution in [1.82, 2.24) is 20.8 Å². The molecule has 1 aliphatic heterocycles. The monoisotopic (exact) mass is 398 g/mol. The van der Waals surface area contributed by atoms with E-state index in [1.807, 2.05) is 0 Å². The highest BCUT2D eigenvalue weighted by Crippen LogP contribution is 2.02. The van der Waals surface area contributed by atoms with Crippen molar-refractivity contribution in [3.05, 3.63) is 12.2 Å². The third-order valence-electron chi connectivity index (χ3n) is 4.15. The number of nitrogens with zero attached hydrogens (tertiary/aromatic N) is 2. The molecule has 0 aromatic carbocycles. The molecule has 4 amide bonds. The molecule has 0 spiro atoms. The van der Waals surface area contributed by atoms with E-state index in [9.17, 15) is 29.6 Å². The van der Waals surface area contributed by atoms with Gasteiger partial charge in [-0.2, -0.15) is 0 Å². The van der Waals surface area contributed by atoms with E-state index >= 15 is 0 Å². The molecule has 10 heteroatoms. The minimum Gasteiger partial charge on any atom is -0.356 e. The molecule has 0 atom stereocenters. The molecular weight excluding hydrogens is 368 g/mol. The van der Waals surface area contributed by atoms with E-state index in [1.54, 1.807) is 12.2 Å². The Bertz CT molecular complexity index is 566. The van der Waals surface area contributed by atoms with Crippen LogP contribution < -0.4 is 10.6 Å². The van der Waals surface area contributed by atoms with Gasteiger partial charge in [0.2, 0.25) is 23.6 Å². The molecule has 0 aliphatic carbocycles. The Hall–Kier alpha value is -2.46. The van der Waals surface area contributed by atoms with Gasteiger partial charge in [-0.25, -0.2) is 10.1 Å². The van der Waals surface area contributed by atoms with Crippen LogP contribution in [0.2, 0.25) is 0 Å². The van der Waals surface area contributed by atoms with E-state index in [-0.39, 0.29) is 50.6 Å². The maximum atomic E-state index is 11.8. The Morgan fingerprint density at radius 1 is 0.714 bits per heavy atom. The summed E-state index contributed by atoms with van der Waals surface area (Å²) in [4.78, 5) is 46.9. The first kappa shape index (κ1) is 23.6. The van der Waals surface area contributed by atoms with Gasteiger partial charge in [0.05, 0.1) is 6.54 Å². The molecule has 0 unspecified atom stereocenters. The maximum Gasteiger partial charge on any atom is 0.246 e. The van der Waals surface area contributed by atoms with Crippen LogP contribution in [0.5, 0.6) is 0 Å².